The zero-order valence-corrected chi connectivity index (χ0v) is 12.2. The van der Waals surface area contributed by atoms with Crippen molar-refractivity contribution < 1.29 is 14.7 Å². The summed E-state index contributed by atoms with van der Waals surface area (Å²) in [6.45, 7) is 7.04. The molecule has 5 nitrogen and oxygen atoms in total. The number of hydrogen-bond acceptors (Lipinski definition) is 3. The predicted octanol–water partition coefficient (Wildman–Crippen LogP) is 1.78. The Morgan fingerprint density at radius 1 is 1.15 bits per heavy atom. The van der Waals surface area contributed by atoms with Crippen LogP contribution in [-0.2, 0) is 11.3 Å². The molecule has 0 radical (unpaired) electrons. The van der Waals surface area contributed by atoms with Gasteiger partial charge >= 0.3 is 5.97 Å². The summed E-state index contributed by atoms with van der Waals surface area (Å²) in [6, 6.07) is 6.69. The molecule has 1 aromatic rings. The topological polar surface area (TPSA) is 78.4 Å². The predicted molar refractivity (Wildman–Crippen MR) is 77.6 cm³/mol. The van der Waals surface area contributed by atoms with E-state index in [2.05, 4.69) is 10.6 Å². The van der Waals surface area contributed by atoms with Crippen LogP contribution in [0.3, 0.4) is 0 Å². The number of nitrogens with one attached hydrogen (secondary N) is 2. The first-order valence-corrected chi connectivity index (χ1v) is 6.62. The molecule has 0 aliphatic rings. The Kier molecular flexibility index (Phi) is 5.70. The van der Waals surface area contributed by atoms with Gasteiger partial charge in [0.1, 0.15) is 0 Å². The molecule has 0 aliphatic heterocycles. The average molecular weight is 278 g/mol. The number of aromatic carboxylic acids is 1. The second kappa shape index (κ2) is 7.05. The van der Waals surface area contributed by atoms with Gasteiger partial charge in [0.2, 0.25) is 5.91 Å². The van der Waals surface area contributed by atoms with Crippen molar-refractivity contribution >= 4 is 11.9 Å². The summed E-state index contributed by atoms with van der Waals surface area (Å²) in [5.74, 6) is -0.908. The molecular formula is C15H22N2O3. The minimum absolute atomic E-state index is 0.0197. The van der Waals surface area contributed by atoms with E-state index in [4.69, 9.17) is 5.11 Å². The van der Waals surface area contributed by atoms with Gasteiger partial charge in [0.25, 0.3) is 0 Å². The van der Waals surface area contributed by atoms with Gasteiger partial charge in [-0.15, -0.1) is 0 Å². The van der Waals surface area contributed by atoms with Crippen molar-refractivity contribution in [2.75, 3.05) is 6.54 Å². The van der Waals surface area contributed by atoms with Crippen LogP contribution in [0, 0.1) is 0 Å². The summed E-state index contributed by atoms with van der Waals surface area (Å²) >= 11 is 0. The molecule has 0 heterocycles. The SMILES string of the molecule is CC(C)(C)NC(=O)CCNCc1ccc(C(=O)O)cc1. The molecule has 0 aliphatic carbocycles. The highest BCUT2D eigenvalue weighted by atomic mass is 16.4. The molecule has 5 heteroatoms. The fourth-order valence-corrected chi connectivity index (χ4v) is 1.68. The fourth-order valence-electron chi connectivity index (χ4n) is 1.68. The van der Waals surface area contributed by atoms with E-state index in [9.17, 15) is 9.59 Å². The van der Waals surface area contributed by atoms with Crippen molar-refractivity contribution in [3.8, 4) is 0 Å². The highest BCUT2D eigenvalue weighted by Gasteiger charge is 2.12. The average Bonchev–Trinajstić information content (AvgIpc) is 2.33. The lowest BCUT2D eigenvalue weighted by Gasteiger charge is -2.20. The van der Waals surface area contributed by atoms with Gasteiger partial charge in [-0.05, 0) is 38.5 Å². The third-order valence-corrected chi connectivity index (χ3v) is 2.57. The van der Waals surface area contributed by atoms with Crippen LogP contribution in [-0.4, -0.2) is 29.1 Å². The summed E-state index contributed by atoms with van der Waals surface area (Å²) in [6.07, 6.45) is 0.421. The van der Waals surface area contributed by atoms with Crippen LogP contribution < -0.4 is 10.6 Å². The number of amides is 1. The first-order chi connectivity index (χ1) is 9.28. The Bertz CT molecular complexity index is 461. The smallest absolute Gasteiger partial charge is 0.335 e. The molecule has 0 bridgehead atoms. The molecule has 0 fully saturated rings. The van der Waals surface area contributed by atoms with Crippen molar-refractivity contribution in [3.05, 3.63) is 35.4 Å². The summed E-state index contributed by atoms with van der Waals surface area (Å²) in [4.78, 5) is 22.3. The minimum atomic E-state index is -0.927. The second-order valence-electron chi connectivity index (χ2n) is 5.73. The largest absolute Gasteiger partial charge is 0.478 e. The lowest BCUT2D eigenvalue weighted by Crippen LogP contribution is -2.41. The molecule has 0 saturated heterocycles. The number of carboxylic acid groups (broad SMARTS) is 1. The first kappa shape index (κ1) is 16.2. The van der Waals surface area contributed by atoms with Crippen LogP contribution in [0.5, 0.6) is 0 Å². The zero-order chi connectivity index (χ0) is 15.2. The van der Waals surface area contributed by atoms with E-state index in [1.807, 2.05) is 20.8 Å². The van der Waals surface area contributed by atoms with Crippen molar-refractivity contribution in [2.45, 2.75) is 39.3 Å². The van der Waals surface area contributed by atoms with Crippen molar-refractivity contribution in [1.29, 1.82) is 0 Å². The fraction of sp³-hybridized carbons (Fsp3) is 0.467. The summed E-state index contributed by atoms with van der Waals surface area (Å²) in [5.41, 5.74) is 1.06. The molecule has 1 amide bonds. The number of carbonyl (C=O) groups excluding carboxylic acids is 1. The van der Waals surface area contributed by atoms with Crippen LogP contribution in [0.4, 0.5) is 0 Å². The maximum Gasteiger partial charge on any atom is 0.335 e. The first-order valence-electron chi connectivity index (χ1n) is 6.62. The van der Waals surface area contributed by atoms with Crippen LogP contribution in [0.25, 0.3) is 0 Å². The molecule has 0 saturated carbocycles. The number of rotatable bonds is 6. The lowest BCUT2D eigenvalue weighted by molar-refractivity contribution is -0.122. The molecule has 0 atom stereocenters. The Labute approximate surface area is 119 Å². The molecule has 1 rings (SSSR count). The van der Waals surface area contributed by atoms with Gasteiger partial charge in [-0.3, -0.25) is 4.79 Å². The summed E-state index contributed by atoms with van der Waals surface area (Å²) in [7, 11) is 0. The number of hydrogen-bond donors (Lipinski definition) is 3. The standard InChI is InChI=1S/C15H22N2O3/c1-15(2,3)17-13(18)8-9-16-10-11-4-6-12(7-5-11)14(19)20/h4-7,16H,8-10H2,1-3H3,(H,17,18)(H,19,20). The van der Waals surface area contributed by atoms with Gasteiger partial charge < -0.3 is 15.7 Å². The van der Waals surface area contributed by atoms with E-state index < -0.39 is 5.97 Å². The van der Waals surface area contributed by atoms with Gasteiger partial charge in [-0.2, -0.15) is 0 Å². The monoisotopic (exact) mass is 278 g/mol. The lowest BCUT2D eigenvalue weighted by atomic mass is 10.1. The maximum atomic E-state index is 11.6. The Hall–Kier alpha value is -1.88. The van der Waals surface area contributed by atoms with Gasteiger partial charge in [-0.1, -0.05) is 12.1 Å². The third kappa shape index (κ3) is 6.33. The molecule has 3 N–H and O–H groups in total. The van der Waals surface area contributed by atoms with Gasteiger partial charge in [-0.25, -0.2) is 4.79 Å². The Balaban J connectivity index is 2.27. The summed E-state index contributed by atoms with van der Waals surface area (Å²) < 4.78 is 0. The minimum Gasteiger partial charge on any atom is -0.478 e. The van der Waals surface area contributed by atoms with E-state index in [-0.39, 0.29) is 17.0 Å². The van der Waals surface area contributed by atoms with E-state index in [1.54, 1.807) is 24.3 Å². The molecule has 0 spiro atoms. The van der Waals surface area contributed by atoms with Crippen LogP contribution in [0.15, 0.2) is 24.3 Å². The molecular weight excluding hydrogens is 256 g/mol. The summed E-state index contributed by atoms with van der Waals surface area (Å²) in [5, 5.41) is 14.8. The molecule has 0 unspecified atom stereocenters. The van der Waals surface area contributed by atoms with E-state index in [0.717, 1.165) is 5.56 Å². The van der Waals surface area contributed by atoms with Crippen molar-refractivity contribution in [1.82, 2.24) is 10.6 Å². The third-order valence-electron chi connectivity index (χ3n) is 2.57. The van der Waals surface area contributed by atoms with Crippen LogP contribution >= 0.6 is 0 Å². The molecule has 1 aromatic carbocycles. The number of carbonyl (C=O) groups is 2. The van der Waals surface area contributed by atoms with Crippen molar-refractivity contribution in [3.63, 3.8) is 0 Å². The van der Waals surface area contributed by atoms with Gasteiger partial charge in [0, 0.05) is 25.0 Å². The zero-order valence-electron chi connectivity index (χ0n) is 12.2. The molecule has 20 heavy (non-hydrogen) atoms. The highest BCUT2D eigenvalue weighted by molar-refractivity contribution is 5.87. The Morgan fingerprint density at radius 2 is 1.75 bits per heavy atom. The van der Waals surface area contributed by atoms with E-state index in [0.29, 0.717) is 19.5 Å². The number of carboxylic acids is 1. The molecule has 0 aromatic heterocycles. The maximum absolute atomic E-state index is 11.6. The second-order valence-corrected chi connectivity index (χ2v) is 5.73. The quantitative estimate of drug-likeness (QED) is 0.693. The molecule has 110 valence electrons. The van der Waals surface area contributed by atoms with Gasteiger partial charge in [0.05, 0.1) is 5.56 Å². The van der Waals surface area contributed by atoms with E-state index >= 15 is 0 Å². The van der Waals surface area contributed by atoms with E-state index in [1.165, 1.54) is 0 Å². The van der Waals surface area contributed by atoms with Crippen LogP contribution in [0.1, 0.15) is 43.1 Å². The van der Waals surface area contributed by atoms with Gasteiger partial charge in [0.15, 0.2) is 0 Å². The Morgan fingerprint density at radius 3 is 2.25 bits per heavy atom. The highest BCUT2D eigenvalue weighted by Crippen LogP contribution is 2.04. The van der Waals surface area contributed by atoms with Crippen molar-refractivity contribution in [2.24, 2.45) is 0 Å². The normalized spacial score (nSPS) is 11.2. The van der Waals surface area contributed by atoms with Crippen LogP contribution in [0.2, 0.25) is 0 Å². The number of benzene rings is 1.